The molecule has 4 rings (SSSR count). The van der Waals surface area contributed by atoms with Gasteiger partial charge in [0, 0.05) is 23.0 Å². The van der Waals surface area contributed by atoms with Crippen molar-refractivity contribution in [1.82, 2.24) is 19.6 Å². The highest BCUT2D eigenvalue weighted by Crippen LogP contribution is 2.23. The van der Waals surface area contributed by atoms with Crippen LogP contribution < -0.4 is 10.6 Å². The molecule has 0 aliphatic heterocycles. The zero-order chi connectivity index (χ0) is 22.7. The van der Waals surface area contributed by atoms with E-state index in [9.17, 15) is 0 Å². The first-order chi connectivity index (χ1) is 15.4. The molecule has 2 N–H and O–H groups in total. The summed E-state index contributed by atoms with van der Waals surface area (Å²) in [6, 6.07) is 15.2. The van der Waals surface area contributed by atoms with Crippen LogP contribution in [-0.4, -0.2) is 24.7 Å². The number of thiocarbonyl (C=S) groups is 1. The van der Waals surface area contributed by atoms with Crippen LogP contribution in [0.4, 0.5) is 11.5 Å². The molecule has 0 aliphatic rings. The first-order valence-electron chi connectivity index (χ1n) is 9.69. The molecule has 0 radical (unpaired) electrons. The van der Waals surface area contributed by atoms with Crippen molar-refractivity contribution in [3.8, 4) is 0 Å². The summed E-state index contributed by atoms with van der Waals surface area (Å²) in [6.45, 7) is 3.12. The second kappa shape index (κ2) is 9.92. The van der Waals surface area contributed by atoms with Gasteiger partial charge in [-0.15, -0.1) is 0 Å². The molecule has 32 heavy (non-hydrogen) atoms. The standard InChI is InChI=1S/C22H19Cl3N6S/c1-14-8-21(29-31(14)11-15-6-7-19(24)20(25)9-15)28-22(32)27-17-10-26-30(13-17)12-16-4-2-3-5-18(16)23/h2-10,13H,11-12H2,1H3,(H2,27,28,29,32). The van der Waals surface area contributed by atoms with Crippen molar-refractivity contribution in [2.45, 2.75) is 20.0 Å². The lowest BCUT2D eigenvalue weighted by atomic mass is 10.2. The maximum atomic E-state index is 6.23. The van der Waals surface area contributed by atoms with Gasteiger partial charge in [-0.2, -0.15) is 10.2 Å². The first-order valence-corrected chi connectivity index (χ1v) is 11.2. The zero-order valence-electron chi connectivity index (χ0n) is 17.0. The molecule has 0 bridgehead atoms. The fraction of sp³-hybridized carbons (Fsp3) is 0.136. The van der Waals surface area contributed by atoms with E-state index in [0.29, 0.717) is 39.1 Å². The second-order valence-corrected chi connectivity index (χ2v) is 8.80. The van der Waals surface area contributed by atoms with Crippen LogP contribution in [0.15, 0.2) is 60.9 Å². The minimum absolute atomic E-state index is 0.418. The predicted molar refractivity (Wildman–Crippen MR) is 135 cm³/mol. The van der Waals surface area contributed by atoms with Crippen molar-refractivity contribution in [3.05, 3.63) is 92.8 Å². The van der Waals surface area contributed by atoms with Crippen molar-refractivity contribution in [2.24, 2.45) is 0 Å². The van der Waals surface area contributed by atoms with Gasteiger partial charge in [-0.25, -0.2) is 0 Å². The molecule has 164 valence electrons. The highest BCUT2D eigenvalue weighted by Gasteiger charge is 2.09. The summed E-state index contributed by atoms with van der Waals surface area (Å²) < 4.78 is 3.66. The molecule has 4 aromatic rings. The number of rotatable bonds is 6. The van der Waals surface area contributed by atoms with E-state index in [1.165, 1.54) is 0 Å². The van der Waals surface area contributed by atoms with Crippen LogP contribution in [0, 0.1) is 6.92 Å². The van der Waals surface area contributed by atoms with Crippen molar-refractivity contribution in [3.63, 3.8) is 0 Å². The largest absolute Gasteiger partial charge is 0.330 e. The lowest BCUT2D eigenvalue weighted by Gasteiger charge is -2.07. The van der Waals surface area contributed by atoms with Crippen LogP contribution in [0.2, 0.25) is 15.1 Å². The van der Waals surface area contributed by atoms with Crippen molar-refractivity contribution < 1.29 is 0 Å². The molecule has 0 aliphatic carbocycles. The van der Waals surface area contributed by atoms with Crippen molar-refractivity contribution in [1.29, 1.82) is 0 Å². The monoisotopic (exact) mass is 504 g/mol. The van der Waals surface area contributed by atoms with Gasteiger partial charge in [0.05, 0.1) is 35.0 Å². The lowest BCUT2D eigenvalue weighted by Crippen LogP contribution is -2.19. The number of nitrogens with zero attached hydrogens (tertiary/aromatic N) is 4. The molecule has 0 unspecified atom stereocenters. The van der Waals surface area contributed by atoms with Crippen LogP contribution in [0.1, 0.15) is 16.8 Å². The number of aromatic nitrogens is 4. The average Bonchev–Trinajstić information content (AvgIpc) is 3.32. The Morgan fingerprint density at radius 2 is 1.78 bits per heavy atom. The van der Waals surface area contributed by atoms with E-state index < -0.39 is 0 Å². The van der Waals surface area contributed by atoms with E-state index in [1.807, 2.05) is 60.3 Å². The third-order valence-corrected chi connectivity index (χ3v) is 6.03. The minimum Gasteiger partial charge on any atom is -0.330 e. The molecule has 0 spiro atoms. The quantitative estimate of drug-likeness (QED) is 0.303. The van der Waals surface area contributed by atoms with Gasteiger partial charge in [0.25, 0.3) is 0 Å². The molecular weight excluding hydrogens is 487 g/mol. The topological polar surface area (TPSA) is 59.7 Å². The number of anilines is 2. The maximum Gasteiger partial charge on any atom is 0.176 e. The summed E-state index contributed by atoms with van der Waals surface area (Å²) in [5.41, 5.74) is 3.74. The number of halogens is 3. The summed E-state index contributed by atoms with van der Waals surface area (Å²) >= 11 is 23.8. The highest BCUT2D eigenvalue weighted by molar-refractivity contribution is 7.80. The highest BCUT2D eigenvalue weighted by atomic mass is 35.5. The second-order valence-electron chi connectivity index (χ2n) is 7.17. The fourth-order valence-electron chi connectivity index (χ4n) is 3.14. The molecule has 0 fully saturated rings. The van der Waals surface area contributed by atoms with E-state index in [0.717, 1.165) is 22.5 Å². The Morgan fingerprint density at radius 1 is 0.969 bits per heavy atom. The summed E-state index contributed by atoms with van der Waals surface area (Å²) in [5.74, 6) is 0.642. The van der Waals surface area contributed by atoms with Crippen LogP contribution in [0.25, 0.3) is 0 Å². The van der Waals surface area contributed by atoms with E-state index in [1.54, 1.807) is 16.9 Å². The predicted octanol–water partition coefficient (Wildman–Crippen LogP) is 6.25. The first kappa shape index (κ1) is 22.6. The Kier molecular flexibility index (Phi) is 7.01. The zero-order valence-corrected chi connectivity index (χ0v) is 20.1. The van der Waals surface area contributed by atoms with Crippen LogP contribution in [-0.2, 0) is 13.1 Å². The SMILES string of the molecule is Cc1cc(NC(=S)Nc2cnn(Cc3ccccc3Cl)c2)nn1Cc1ccc(Cl)c(Cl)c1. The fourth-order valence-corrected chi connectivity index (χ4v) is 3.88. The summed E-state index contributed by atoms with van der Waals surface area (Å²) in [4.78, 5) is 0. The van der Waals surface area contributed by atoms with Crippen molar-refractivity contribution in [2.75, 3.05) is 10.6 Å². The number of nitrogens with one attached hydrogen (secondary N) is 2. The Balaban J connectivity index is 1.36. The molecule has 10 heteroatoms. The summed E-state index contributed by atoms with van der Waals surface area (Å²) in [6.07, 6.45) is 3.57. The molecule has 0 saturated heterocycles. The Bertz CT molecular complexity index is 1270. The van der Waals surface area contributed by atoms with Gasteiger partial charge >= 0.3 is 0 Å². The van der Waals surface area contributed by atoms with Crippen LogP contribution in [0.5, 0.6) is 0 Å². The third kappa shape index (κ3) is 5.61. The van der Waals surface area contributed by atoms with Gasteiger partial charge in [0.2, 0.25) is 0 Å². The molecule has 0 atom stereocenters. The van der Waals surface area contributed by atoms with E-state index in [2.05, 4.69) is 20.8 Å². The Morgan fingerprint density at radius 3 is 2.56 bits per heavy atom. The minimum atomic E-state index is 0.418. The van der Waals surface area contributed by atoms with Gasteiger partial charge < -0.3 is 10.6 Å². The number of benzene rings is 2. The maximum absolute atomic E-state index is 6.23. The molecular formula is C22H19Cl3N6S. The van der Waals surface area contributed by atoms with Gasteiger partial charge in [-0.1, -0.05) is 59.1 Å². The van der Waals surface area contributed by atoms with E-state index in [-0.39, 0.29) is 0 Å². The van der Waals surface area contributed by atoms with Gasteiger partial charge in [0.15, 0.2) is 10.9 Å². The summed E-state index contributed by atoms with van der Waals surface area (Å²) in [7, 11) is 0. The molecule has 2 aromatic carbocycles. The van der Waals surface area contributed by atoms with Crippen molar-refractivity contribution >= 4 is 63.6 Å². The molecule has 2 heterocycles. The normalized spacial score (nSPS) is 10.9. The van der Waals surface area contributed by atoms with E-state index in [4.69, 9.17) is 47.0 Å². The molecule has 6 nitrogen and oxygen atoms in total. The third-order valence-electron chi connectivity index (χ3n) is 4.72. The number of aryl methyl sites for hydroxylation is 1. The molecule has 0 amide bonds. The smallest absolute Gasteiger partial charge is 0.176 e. The average molecular weight is 506 g/mol. The molecule has 2 aromatic heterocycles. The summed E-state index contributed by atoms with van der Waals surface area (Å²) in [5, 5.41) is 17.3. The Hall–Kier alpha value is -2.58. The van der Waals surface area contributed by atoms with Gasteiger partial charge in [-0.3, -0.25) is 9.36 Å². The van der Waals surface area contributed by atoms with E-state index >= 15 is 0 Å². The lowest BCUT2D eigenvalue weighted by molar-refractivity contribution is 0.668. The van der Waals surface area contributed by atoms with Gasteiger partial charge in [-0.05, 0) is 48.5 Å². The van der Waals surface area contributed by atoms with Crippen LogP contribution in [0.3, 0.4) is 0 Å². The Labute approximate surface area is 206 Å². The van der Waals surface area contributed by atoms with Crippen LogP contribution >= 0.6 is 47.0 Å². The number of hydrogen-bond donors (Lipinski definition) is 2. The number of hydrogen-bond acceptors (Lipinski definition) is 3. The van der Waals surface area contributed by atoms with Gasteiger partial charge in [0.1, 0.15) is 0 Å². The molecule has 0 saturated carbocycles.